The highest BCUT2D eigenvalue weighted by atomic mass is 35.5. The molecule has 2 aliphatic rings. The van der Waals surface area contributed by atoms with Gasteiger partial charge in [-0.05, 0) is 36.6 Å². The zero-order valence-corrected chi connectivity index (χ0v) is 23.9. The maximum Gasteiger partial charge on any atom is 0.416 e. The number of carbonyl (C=O) groups is 1. The molecule has 4 heterocycles. The van der Waals surface area contributed by atoms with Crippen LogP contribution in [-0.4, -0.2) is 77.7 Å². The van der Waals surface area contributed by atoms with Crippen LogP contribution >= 0.6 is 11.6 Å². The van der Waals surface area contributed by atoms with Gasteiger partial charge in [0.05, 0.1) is 41.8 Å². The number of ether oxygens (including phenoxy) is 2. The molecule has 1 atom stereocenters. The predicted octanol–water partition coefficient (Wildman–Crippen LogP) is 2.99. The van der Waals surface area contributed by atoms with Crippen molar-refractivity contribution < 1.29 is 27.4 Å². The van der Waals surface area contributed by atoms with Crippen LogP contribution in [0, 0.1) is 0 Å². The summed E-state index contributed by atoms with van der Waals surface area (Å²) < 4.78 is 52.8. The number of methoxy groups -OCH3 is 1. The molecule has 11 nitrogen and oxygen atoms in total. The largest absolute Gasteiger partial charge is 0.416 e. The van der Waals surface area contributed by atoms with Crippen LogP contribution in [0.5, 0.6) is 0 Å². The molecule has 0 saturated carbocycles. The molecular formula is C27H31ClF3N7O4. The number of rotatable bonds is 8. The Kier molecular flexibility index (Phi) is 8.87. The summed E-state index contributed by atoms with van der Waals surface area (Å²) in [5.41, 5.74) is 0.577. The Balaban J connectivity index is 1.57. The average molecular weight is 610 g/mol. The van der Waals surface area contributed by atoms with Gasteiger partial charge in [0.2, 0.25) is 11.7 Å². The number of hydrogen-bond donors (Lipinski definition) is 2. The first-order valence-corrected chi connectivity index (χ1v) is 13.9. The molecule has 2 aliphatic heterocycles. The third-order valence-corrected chi connectivity index (χ3v) is 7.54. The molecule has 0 aliphatic carbocycles. The molecule has 15 heteroatoms. The number of anilines is 2. The maximum atomic E-state index is 14.0. The van der Waals surface area contributed by atoms with Crippen LogP contribution in [0.2, 0.25) is 5.02 Å². The molecule has 226 valence electrons. The van der Waals surface area contributed by atoms with E-state index in [0.29, 0.717) is 69.5 Å². The van der Waals surface area contributed by atoms with Crippen LogP contribution in [0.4, 0.5) is 24.5 Å². The van der Waals surface area contributed by atoms with Crippen molar-refractivity contribution in [3.63, 3.8) is 0 Å². The zero-order chi connectivity index (χ0) is 30.0. The normalized spacial score (nSPS) is 17.9. The second kappa shape index (κ2) is 12.4. The van der Waals surface area contributed by atoms with E-state index in [4.69, 9.17) is 21.1 Å². The number of nitrogens with one attached hydrogen (secondary N) is 2. The van der Waals surface area contributed by atoms with Gasteiger partial charge in [-0.25, -0.2) is 0 Å². The smallest absolute Gasteiger partial charge is 0.383 e. The molecular weight excluding hydrogens is 579 g/mol. The molecule has 42 heavy (non-hydrogen) atoms. The van der Waals surface area contributed by atoms with Crippen molar-refractivity contribution >= 4 is 40.2 Å². The van der Waals surface area contributed by atoms with E-state index in [2.05, 4.69) is 20.7 Å². The lowest BCUT2D eigenvalue weighted by Crippen LogP contribution is -2.54. The molecule has 1 saturated heterocycles. The van der Waals surface area contributed by atoms with Crippen molar-refractivity contribution in [2.75, 3.05) is 56.8 Å². The van der Waals surface area contributed by atoms with Gasteiger partial charge in [0.1, 0.15) is 12.2 Å². The molecule has 1 unspecified atom stereocenters. The predicted molar refractivity (Wildman–Crippen MR) is 151 cm³/mol. The molecule has 0 radical (unpaired) electrons. The summed E-state index contributed by atoms with van der Waals surface area (Å²) in [6.07, 6.45) is -1.74. The number of carbonyl (C=O) groups excluding carboxylic acids is 1. The summed E-state index contributed by atoms with van der Waals surface area (Å²) in [5.74, 6) is -0.0115. The highest BCUT2D eigenvalue weighted by molar-refractivity contribution is 6.33. The van der Waals surface area contributed by atoms with Gasteiger partial charge in [0.15, 0.2) is 5.82 Å². The summed E-state index contributed by atoms with van der Waals surface area (Å²) in [5, 5.41) is 10.3. The number of amides is 1. The molecule has 0 spiro atoms. The van der Waals surface area contributed by atoms with Crippen LogP contribution < -0.4 is 21.1 Å². The fraction of sp³-hybridized carbons (Fsp3) is 0.481. The first kappa shape index (κ1) is 30.0. The molecule has 1 aromatic carbocycles. The fourth-order valence-corrected chi connectivity index (χ4v) is 5.49. The summed E-state index contributed by atoms with van der Waals surface area (Å²) in [7, 11) is 1.61. The summed E-state index contributed by atoms with van der Waals surface area (Å²) in [4.78, 5) is 33.9. The van der Waals surface area contributed by atoms with Crippen molar-refractivity contribution in [3.05, 3.63) is 56.7 Å². The van der Waals surface area contributed by atoms with Gasteiger partial charge < -0.3 is 29.6 Å². The third-order valence-electron chi connectivity index (χ3n) is 7.22. The lowest BCUT2D eigenvalue weighted by molar-refractivity contribution is -0.137. The van der Waals surface area contributed by atoms with Gasteiger partial charge in [-0.2, -0.15) is 22.7 Å². The number of nitrogens with zero attached hydrogens (tertiary/aromatic N) is 5. The second-order valence-corrected chi connectivity index (χ2v) is 10.4. The molecule has 1 amide bonds. The Morgan fingerprint density at radius 3 is 2.81 bits per heavy atom. The first-order valence-electron chi connectivity index (χ1n) is 13.5. The minimum atomic E-state index is -4.57. The molecule has 5 rings (SSSR count). The van der Waals surface area contributed by atoms with E-state index in [0.717, 1.165) is 23.8 Å². The maximum absolute atomic E-state index is 14.0. The Hall–Kier alpha value is -3.46. The first-order chi connectivity index (χ1) is 20.1. The van der Waals surface area contributed by atoms with Gasteiger partial charge in [0, 0.05) is 32.8 Å². The molecule has 0 bridgehead atoms. The lowest BCUT2D eigenvalue weighted by atomic mass is 10.1. The van der Waals surface area contributed by atoms with E-state index < -0.39 is 17.6 Å². The van der Waals surface area contributed by atoms with Crippen LogP contribution in [0.25, 0.3) is 11.4 Å². The van der Waals surface area contributed by atoms with Crippen molar-refractivity contribution in [1.29, 1.82) is 0 Å². The number of alkyl halides is 3. The number of fused-ring (bicyclic) bond motifs is 1. The SMILES string of the molecule is CCc1c(N2CCNC(COC)C2)c(=O)n2nc(C3=CCOCC3)nc2n1CC(=O)Nc1ccc(C(F)(F)F)cc1Cl. The van der Waals surface area contributed by atoms with Gasteiger partial charge in [0.25, 0.3) is 5.56 Å². The van der Waals surface area contributed by atoms with Crippen molar-refractivity contribution in [2.24, 2.45) is 0 Å². The van der Waals surface area contributed by atoms with Gasteiger partial charge in [-0.15, -0.1) is 5.10 Å². The number of halogens is 4. The molecule has 3 aromatic rings. The number of hydrogen-bond acceptors (Lipinski definition) is 8. The summed E-state index contributed by atoms with van der Waals surface area (Å²) >= 11 is 6.08. The van der Waals surface area contributed by atoms with Crippen LogP contribution in [-0.2, 0) is 33.4 Å². The van der Waals surface area contributed by atoms with E-state index in [9.17, 15) is 22.8 Å². The minimum Gasteiger partial charge on any atom is -0.383 e. The second-order valence-electron chi connectivity index (χ2n) is 10.0. The van der Waals surface area contributed by atoms with Gasteiger partial charge in [-0.1, -0.05) is 24.6 Å². The van der Waals surface area contributed by atoms with E-state index in [1.165, 1.54) is 4.52 Å². The monoisotopic (exact) mass is 609 g/mol. The standard InChI is InChI=1S/C27H31ClF3N7O4/c1-3-21-23(36-9-8-32-18(13-36)15-41-2)25(40)38-26(34-24(35-38)16-6-10-42-11-7-16)37(21)14-22(39)33-20-5-4-17(12-19(20)28)27(29,30)31/h4-6,12,18,32H,3,7-11,13-15H2,1-2H3,(H,33,39). The van der Waals surface area contributed by atoms with E-state index in [1.807, 2.05) is 17.9 Å². The van der Waals surface area contributed by atoms with Gasteiger partial charge >= 0.3 is 6.18 Å². The van der Waals surface area contributed by atoms with Crippen molar-refractivity contribution in [3.8, 4) is 0 Å². The van der Waals surface area contributed by atoms with Gasteiger partial charge in [-0.3, -0.25) is 9.59 Å². The Morgan fingerprint density at radius 2 is 2.14 bits per heavy atom. The van der Waals surface area contributed by atoms with Crippen molar-refractivity contribution in [1.82, 2.24) is 24.5 Å². The highest BCUT2D eigenvalue weighted by Crippen LogP contribution is 2.34. The van der Waals surface area contributed by atoms with E-state index in [1.54, 1.807) is 11.7 Å². The molecule has 2 aromatic heterocycles. The van der Waals surface area contributed by atoms with Crippen molar-refractivity contribution in [2.45, 2.75) is 38.5 Å². The minimum absolute atomic E-state index is 0.0131. The van der Waals surface area contributed by atoms with Crippen LogP contribution in [0.15, 0.2) is 29.1 Å². The molecule has 2 N–H and O–H groups in total. The lowest BCUT2D eigenvalue weighted by Gasteiger charge is -2.35. The quantitative estimate of drug-likeness (QED) is 0.401. The summed E-state index contributed by atoms with van der Waals surface area (Å²) in [6, 6.07) is 2.71. The van der Waals surface area contributed by atoms with E-state index >= 15 is 0 Å². The fourth-order valence-electron chi connectivity index (χ4n) is 5.26. The number of aromatic nitrogens is 4. The molecule has 1 fully saturated rings. The highest BCUT2D eigenvalue weighted by Gasteiger charge is 2.32. The van der Waals surface area contributed by atoms with E-state index in [-0.39, 0.29) is 34.6 Å². The Bertz CT molecular complexity index is 1570. The average Bonchev–Trinajstić information content (AvgIpc) is 3.42. The number of piperazine rings is 1. The summed E-state index contributed by atoms with van der Waals surface area (Å²) in [6.45, 7) is 4.61. The Morgan fingerprint density at radius 1 is 1.33 bits per heavy atom. The van der Waals surface area contributed by atoms with Crippen LogP contribution in [0.3, 0.4) is 0 Å². The Labute approximate surface area is 244 Å². The topological polar surface area (TPSA) is 115 Å². The van der Waals surface area contributed by atoms with Crippen LogP contribution in [0.1, 0.15) is 30.4 Å². The number of benzene rings is 1. The third kappa shape index (κ3) is 6.16. The zero-order valence-electron chi connectivity index (χ0n) is 23.1.